The first-order valence-corrected chi connectivity index (χ1v) is 20.2. The highest BCUT2D eigenvalue weighted by atomic mass is 16.5. The van der Waals surface area contributed by atoms with E-state index in [1.165, 1.54) is 38.5 Å². The second-order valence-electron chi connectivity index (χ2n) is 13.1. The van der Waals surface area contributed by atoms with Gasteiger partial charge in [0.15, 0.2) is 0 Å². The Morgan fingerprint density at radius 3 is 1.54 bits per heavy atom. The summed E-state index contributed by atoms with van der Waals surface area (Å²) >= 11 is 0. The van der Waals surface area contributed by atoms with Crippen LogP contribution in [0.2, 0.25) is 0 Å². The van der Waals surface area contributed by atoms with Crippen molar-refractivity contribution < 1.29 is 24.5 Å². The van der Waals surface area contributed by atoms with Crippen LogP contribution in [0.5, 0.6) is 0 Å². The molecule has 52 heavy (non-hydrogen) atoms. The minimum atomic E-state index is -0.820. The molecule has 0 aliphatic heterocycles. The van der Waals surface area contributed by atoms with E-state index in [1.54, 1.807) is 0 Å². The summed E-state index contributed by atoms with van der Waals surface area (Å²) in [5.41, 5.74) is 0. The highest BCUT2D eigenvalue weighted by molar-refractivity contribution is 5.77. The van der Waals surface area contributed by atoms with Crippen LogP contribution in [0.15, 0.2) is 109 Å². The van der Waals surface area contributed by atoms with Crippen molar-refractivity contribution >= 4 is 11.9 Å². The van der Waals surface area contributed by atoms with Crippen molar-refractivity contribution in [3.63, 3.8) is 0 Å². The van der Waals surface area contributed by atoms with Crippen LogP contribution >= 0.6 is 0 Å². The molecule has 3 atom stereocenters. The van der Waals surface area contributed by atoms with E-state index in [-0.39, 0.29) is 31.3 Å². The predicted octanol–water partition coefficient (Wildman–Crippen LogP) is 11.2. The van der Waals surface area contributed by atoms with Crippen LogP contribution in [-0.4, -0.2) is 46.9 Å². The average Bonchev–Trinajstić information content (AvgIpc) is 3.13. The zero-order valence-corrected chi connectivity index (χ0v) is 32.9. The van der Waals surface area contributed by atoms with Crippen LogP contribution in [0.1, 0.15) is 143 Å². The van der Waals surface area contributed by atoms with E-state index in [0.29, 0.717) is 19.3 Å². The smallest absolute Gasteiger partial charge is 0.306 e. The van der Waals surface area contributed by atoms with Gasteiger partial charge in [-0.2, -0.15) is 0 Å². The summed E-state index contributed by atoms with van der Waals surface area (Å²) in [5, 5.41) is 23.4. The lowest BCUT2D eigenvalue weighted by molar-refractivity contribution is -0.151. The fourth-order valence-electron chi connectivity index (χ4n) is 5.30. The molecule has 0 radical (unpaired) electrons. The molecular weight excluding hydrogens is 647 g/mol. The molecule has 1 amide bonds. The summed E-state index contributed by atoms with van der Waals surface area (Å²) in [5.74, 6) is -0.651. The molecule has 0 heterocycles. The molecule has 0 aromatic heterocycles. The van der Waals surface area contributed by atoms with Crippen LogP contribution in [-0.2, 0) is 14.3 Å². The van der Waals surface area contributed by atoms with E-state index in [0.717, 1.165) is 51.4 Å². The normalized spacial score (nSPS) is 14.6. The first-order chi connectivity index (χ1) is 25.5. The molecule has 0 saturated carbocycles. The third-order valence-corrected chi connectivity index (χ3v) is 8.32. The van der Waals surface area contributed by atoms with Crippen LogP contribution in [0, 0.1) is 0 Å². The van der Waals surface area contributed by atoms with Gasteiger partial charge in [0.1, 0.15) is 6.10 Å². The number of ether oxygens (including phenoxy) is 1. The molecule has 0 aliphatic rings. The zero-order chi connectivity index (χ0) is 38.2. The van der Waals surface area contributed by atoms with Crippen molar-refractivity contribution in [2.75, 3.05) is 6.61 Å². The lowest BCUT2D eigenvalue weighted by atomic mass is 10.0. The van der Waals surface area contributed by atoms with Crippen LogP contribution in [0.3, 0.4) is 0 Å². The molecule has 3 N–H and O–H groups in total. The Hall–Kier alpha value is -3.48. The number of unbranched alkanes of at least 4 members (excludes halogenated alkanes) is 10. The highest BCUT2D eigenvalue weighted by Crippen LogP contribution is 2.15. The molecule has 292 valence electrons. The molecule has 0 saturated heterocycles. The number of hydrogen-bond acceptors (Lipinski definition) is 5. The second kappa shape index (κ2) is 38.7. The van der Waals surface area contributed by atoms with Crippen LogP contribution in [0.25, 0.3) is 0 Å². The second-order valence-corrected chi connectivity index (χ2v) is 13.1. The Morgan fingerprint density at radius 1 is 0.577 bits per heavy atom. The number of hydrogen-bond donors (Lipinski definition) is 3. The summed E-state index contributed by atoms with van der Waals surface area (Å²) in [6.45, 7) is 6.09. The summed E-state index contributed by atoms with van der Waals surface area (Å²) in [7, 11) is 0. The molecular formula is C46H73NO5. The molecule has 0 bridgehead atoms. The minimum absolute atomic E-state index is 0.00498. The van der Waals surface area contributed by atoms with E-state index in [4.69, 9.17) is 4.74 Å². The summed E-state index contributed by atoms with van der Waals surface area (Å²) in [6, 6.07) is -0.741. The largest absolute Gasteiger partial charge is 0.462 e. The van der Waals surface area contributed by atoms with Gasteiger partial charge in [-0.05, 0) is 51.4 Å². The SMILES string of the molecule is CC/C=C/C=C/C=C\C=C/C=C/CCCC(=O)OC(CCC\C=C/C=C\C=C\C=C\CC)CC(=O)NC(CO)C(O)CCCCCCCCCCC. The van der Waals surface area contributed by atoms with Crippen molar-refractivity contribution in [1.29, 1.82) is 0 Å². The van der Waals surface area contributed by atoms with Crippen molar-refractivity contribution in [2.24, 2.45) is 0 Å². The number of esters is 1. The molecule has 0 spiro atoms. The minimum Gasteiger partial charge on any atom is -0.462 e. The Kier molecular flexibility index (Phi) is 36.2. The molecule has 6 nitrogen and oxygen atoms in total. The van der Waals surface area contributed by atoms with E-state index in [1.807, 2.05) is 91.1 Å². The number of rotatable bonds is 33. The van der Waals surface area contributed by atoms with E-state index < -0.39 is 18.2 Å². The van der Waals surface area contributed by atoms with Gasteiger partial charge in [0.05, 0.1) is 25.2 Å². The zero-order valence-electron chi connectivity index (χ0n) is 32.9. The van der Waals surface area contributed by atoms with Gasteiger partial charge in [-0.15, -0.1) is 0 Å². The lowest BCUT2D eigenvalue weighted by Crippen LogP contribution is -2.46. The number of carbonyl (C=O) groups is 2. The van der Waals surface area contributed by atoms with E-state index in [9.17, 15) is 19.8 Å². The number of aliphatic hydroxyl groups excluding tert-OH is 2. The topological polar surface area (TPSA) is 95.9 Å². The predicted molar refractivity (Wildman–Crippen MR) is 222 cm³/mol. The van der Waals surface area contributed by atoms with Crippen LogP contribution < -0.4 is 5.32 Å². The van der Waals surface area contributed by atoms with Crippen molar-refractivity contribution in [1.82, 2.24) is 5.32 Å². The number of aliphatic hydroxyl groups is 2. The Balaban J connectivity index is 4.89. The van der Waals surface area contributed by atoms with E-state index >= 15 is 0 Å². The van der Waals surface area contributed by atoms with Gasteiger partial charge in [-0.25, -0.2) is 0 Å². The first kappa shape index (κ1) is 48.5. The van der Waals surface area contributed by atoms with Gasteiger partial charge >= 0.3 is 5.97 Å². The standard InChI is InChI=1S/C46H73NO5/c1-4-7-10-13-16-19-21-22-24-27-30-33-36-39-46(51)52-42(37-34-31-28-26-23-20-17-14-11-8-5-2)40-45(50)47-43(41-48)44(49)38-35-32-29-25-18-15-12-9-6-3/h7-8,10-11,13-14,16-17,19-24,26-28,30,42-44,48-49H,4-6,9,12,15,18,25,29,31-41H2,1-3H3,(H,47,50)/b10-7+,11-8+,16-13+,17-14+,21-19-,23-20-,24-22-,28-26-,30-27+. The monoisotopic (exact) mass is 720 g/mol. The summed E-state index contributed by atoms with van der Waals surface area (Å²) < 4.78 is 5.79. The molecule has 0 fully saturated rings. The van der Waals surface area contributed by atoms with Gasteiger partial charge < -0.3 is 20.3 Å². The number of carbonyl (C=O) groups excluding carboxylic acids is 2. The number of amides is 1. The maximum absolute atomic E-state index is 13.0. The molecule has 0 rings (SSSR count). The third kappa shape index (κ3) is 33.7. The molecule has 0 aromatic rings. The highest BCUT2D eigenvalue weighted by Gasteiger charge is 2.23. The maximum Gasteiger partial charge on any atom is 0.306 e. The number of allylic oxidation sites excluding steroid dienone is 18. The first-order valence-electron chi connectivity index (χ1n) is 20.2. The van der Waals surface area contributed by atoms with Gasteiger partial charge in [0.2, 0.25) is 5.91 Å². The fraction of sp³-hybridized carbons (Fsp3) is 0.565. The van der Waals surface area contributed by atoms with Gasteiger partial charge in [0, 0.05) is 6.42 Å². The van der Waals surface area contributed by atoms with Crippen LogP contribution in [0.4, 0.5) is 0 Å². The fourth-order valence-corrected chi connectivity index (χ4v) is 5.30. The number of nitrogens with one attached hydrogen (secondary N) is 1. The summed E-state index contributed by atoms with van der Waals surface area (Å²) in [6.07, 6.45) is 51.6. The Labute approximate surface area is 318 Å². The summed E-state index contributed by atoms with van der Waals surface area (Å²) in [4.78, 5) is 25.8. The maximum atomic E-state index is 13.0. The molecule has 3 unspecified atom stereocenters. The molecule has 6 heteroatoms. The van der Waals surface area contributed by atoms with Gasteiger partial charge in [0.25, 0.3) is 0 Å². The molecule has 0 aromatic carbocycles. The lowest BCUT2D eigenvalue weighted by Gasteiger charge is -2.24. The molecule has 0 aliphatic carbocycles. The quantitative estimate of drug-likeness (QED) is 0.0356. The Bertz CT molecular complexity index is 1120. The third-order valence-electron chi connectivity index (χ3n) is 8.32. The van der Waals surface area contributed by atoms with Gasteiger partial charge in [-0.1, -0.05) is 188 Å². The van der Waals surface area contributed by atoms with Crippen molar-refractivity contribution in [2.45, 2.75) is 161 Å². The van der Waals surface area contributed by atoms with Crippen molar-refractivity contribution in [3.05, 3.63) is 109 Å². The Morgan fingerprint density at radius 2 is 1.04 bits per heavy atom. The average molecular weight is 720 g/mol. The van der Waals surface area contributed by atoms with Crippen molar-refractivity contribution in [3.8, 4) is 0 Å². The van der Waals surface area contributed by atoms with E-state index in [2.05, 4.69) is 44.3 Å². The van der Waals surface area contributed by atoms with Gasteiger partial charge in [-0.3, -0.25) is 9.59 Å².